The monoisotopic (exact) mass is 332 g/mol. The van der Waals surface area contributed by atoms with E-state index in [1.54, 1.807) is 0 Å². The molecule has 0 aromatic carbocycles. The van der Waals surface area contributed by atoms with Crippen molar-refractivity contribution in [3.63, 3.8) is 0 Å². The molecule has 0 saturated carbocycles. The first-order valence-electron chi connectivity index (χ1n) is 8.64. The lowest BCUT2D eigenvalue weighted by Crippen LogP contribution is -2.58. The summed E-state index contributed by atoms with van der Waals surface area (Å²) in [6.07, 6.45) is 4.76. The van der Waals surface area contributed by atoms with Crippen molar-refractivity contribution in [1.82, 2.24) is 0 Å². The number of allylic oxidation sites excluding steroid dienone is 1. The highest BCUT2D eigenvalue weighted by molar-refractivity contribution is 4.88. The molecule has 0 radical (unpaired) electrons. The summed E-state index contributed by atoms with van der Waals surface area (Å²) in [5, 5.41) is 38.1. The third-order valence-electron chi connectivity index (χ3n) is 4.17. The fraction of sp³-hybridized carbons (Fsp3) is 0.882. The number of hydrogen-bond acceptors (Lipinski definition) is 6. The van der Waals surface area contributed by atoms with Gasteiger partial charge in [0.2, 0.25) is 0 Å². The van der Waals surface area contributed by atoms with Crippen molar-refractivity contribution in [2.45, 2.75) is 82.1 Å². The van der Waals surface area contributed by atoms with Crippen LogP contribution >= 0.6 is 0 Å². The fourth-order valence-electron chi connectivity index (χ4n) is 2.64. The van der Waals surface area contributed by atoms with E-state index < -0.39 is 30.7 Å². The van der Waals surface area contributed by atoms with Gasteiger partial charge in [-0.3, -0.25) is 0 Å². The van der Waals surface area contributed by atoms with Crippen LogP contribution in [0.25, 0.3) is 0 Å². The lowest BCUT2D eigenvalue weighted by Gasteiger charge is -2.38. The average Bonchev–Trinajstić information content (AvgIpc) is 2.55. The zero-order valence-corrected chi connectivity index (χ0v) is 13.8. The largest absolute Gasteiger partial charge is 0.387 e. The second-order valence-electron chi connectivity index (χ2n) is 6.16. The van der Waals surface area contributed by atoms with Crippen LogP contribution < -0.4 is 0 Å². The summed E-state index contributed by atoms with van der Waals surface area (Å²) in [6, 6.07) is 0. The molecule has 0 aromatic rings. The highest BCUT2D eigenvalue weighted by Gasteiger charge is 2.42. The zero-order chi connectivity index (χ0) is 17.1. The predicted octanol–water partition coefficient (Wildman–Crippen LogP) is 1.11. The molecule has 4 N–H and O–H groups in total. The van der Waals surface area contributed by atoms with Crippen molar-refractivity contribution < 1.29 is 29.9 Å². The Morgan fingerprint density at radius 1 is 0.826 bits per heavy atom. The van der Waals surface area contributed by atoms with Crippen molar-refractivity contribution in [3.8, 4) is 0 Å². The Morgan fingerprint density at radius 2 is 1.43 bits per heavy atom. The molecular weight excluding hydrogens is 300 g/mol. The highest BCUT2D eigenvalue weighted by atomic mass is 16.6. The topological polar surface area (TPSA) is 99.4 Å². The summed E-state index contributed by atoms with van der Waals surface area (Å²) in [5.41, 5.74) is 0. The molecule has 1 fully saturated rings. The van der Waals surface area contributed by atoms with E-state index in [-0.39, 0.29) is 6.61 Å². The van der Waals surface area contributed by atoms with E-state index in [1.807, 2.05) is 6.08 Å². The molecule has 0 aliphatic carbocycles. The van der Waals surface area contributed by atoms with Gasteiger partial charge in [0, 0.05) is 6.61 Å². The van der Waals surface area contributed by atoms with Gasteiger partial charge in [-0.05, 0) is 19.3 Å². The molecule has 5 atom stereocenters. The molecule has 0 aromatic heterocycles. The molecule has 23 heavy (non-hydrogen) atoms. The molecule has 1 heterocycles. The molecule has 136 valence electrons. The molecule has 1 aliphatic heterocycles. The van der Waals surface area contributed by atoms with Crippen molar-refractivity contribution in [1.29, 1.82) is 0 Å². The van der Waals surface area contributed by atoms with Gasteiger partial charge in [0.1, 0.15) is 24.4 Å². The van der Waals surface area contributed by atoms with Crippen LogP contribution in [0.3, 0.4) is 0 Å². The van der Waals surface area contributed by atoms with Gasteiger partial charge in [0.05, 0.1) is 6.61 Å². The minimum Gasteiger partial charge on any atom is -0.387 e. The van der Waals surface area contributed by atoms with E-state index >= 15 is 0 Å². The number of unbranched alkanes of at least 4 members (excludes halogenated alkanes) is 7. The molecular formula is C17H32O6. The SMILES string of the molecule is C=CCCCCCCCCCOC[C@H]1OC(O)[C@H](O)[C@@H](O)[C@@H]1O. The van der Waals surface area contributed by atoms with E-state index in [1.165, 1.54) is 32.1 Å². The lowest BCUT2D eigenvalue weighted by atomic mass is 9.99. The second-order valence-corrected chi connectivity index (χ2v) is 6.16. The summed E-state index contributed by atoms with van der Waals surface area (Å²) in [6.45, 7) is 4.35. The molecule has 1 saturated heterocycles. The standard InChI is InChI=1S/C17H32O6/c1-2-3-4-5-6-7-8-9-10-11-22-12-13-14(18)15(19)16(20)17(21)23-13/h2,13-21H,1,3-12H2/t13-,14-,15+,16-,17?/m1/s1. The first kappa shape index (κ1) is 20.5. The third-order valence-corrected chi connectivity index (χ3v) is 4.17. The van der Waals surface area contributed by atoms with Gasteiger partial charge in [0.15, 0.2) is 6.29 Å². The molecule has 0 bridgehead atoms. The third kappa shape index (κ3) is 7.74. The van der Waals surface area contributed by atoms with E-state index in [0.29, 0.717) is 6.61 Å². The maximum atomic E-state index is 9.75. The number of aliphatic hydroxyl groups excluding tert-OH is 4. The van der Waals surface area contributed by atoms with E-state index in [0.717, 1.165) is 19.3 Å². The number of rotatable bonds is 12. The van der Waals surface area contributed by atoms with E-state index in [9.17, 15) is 20.4 Å². The highest BCUT2D eigenvalue weighted by Crippen LogP contribution is 2.20. The first-order chi connectivity index (χ1) is 11.1. The summed E-state index contributed by atoms with van der Waals surface area (Å²) < 4.78 is 10.5. The van der Waals surface area contributed by atoms with Crippen molar-refractivity contribution in [2.24, 2.45) is 0 Å². The van der Waals surface area contributed by atoms with Crippen LogP contribution in [-0.4, -0.2) is 64.3 Å². The Balaban J connectivity index is 1.97. The van der Waals surface area contributed by atoms with Crippen molar-refractivity contribution in [3.05, 3.63) is 12.7 Å². The zero-order valence-electron chi connectivity index (χ0n) is 13.8. The van der Waals surface area contributed by atoms with Gasteiger partial charge in [-0.25, -0.2) is 0 Å². The molecule has 6 nitrogen and oxygen atoms in total. The molecule has 0 amide bonds. The minimum absolute atomic E-state index is 0.0869. The predicted molar refractivity (Wildman–Crippen MR) is 86.9 cm³/mol. The summed E-state index contributed by atoms with van der Waals surface area (Å²) in [7, 11) is 0. The molecule has 1 aliphatic rings. The van der Waals surface area contributed by atoms with Crippen LogP contribution in [0.4, 0.5) is 0 Å². The summed E-state index contributed by atoms with van der Waals surface area (Å²) >= 11 is 0. The van der Waals surface area contributed by atoms with Gasteiger partial charge in [-0.2, -0.15) is 0 Å². The van der Waals surface area contributed by atoms with Crippen molar-refractivity contribution in [2.75, 3.05) is 13.2 Å². The fourth-order valence-corrected chi connectivity index (χ4v) is 2.64. The van der Waals surface area contributed by atoms with Crippen LogP contribution in [0, 0.1) is 0 Å². The van der Waals surface area contributed by atoms with Gasteiger partial charge in [0.25, 0.3) is 0 Å². The van der Waals surface area contributed by atoms with E-state index in [2.05, 4.69) is 6.58 Å². The number of hydrogen-bond donors (Lipinski definition) is 4. The van der Waals surface area contributed by atoms with Gasteiger partial charge < -0.3 is 29.9 Å². The Labute approximate surface area is 138 Å². The lowest BCUT2D eigenvalue weighted by molar-refractivity contribution is -0.288. The van der Waals surface area contributed by atoms with Crippen molar-refractivity contribution >= 4 is 0 Å². The molecule has 6 heteroatoms. The summed E-state index contributed by atoms with van der Waals surface area (Å²) in [5.74, 6) is 0. The Morgan fingerprint density at radius 3 is 2.09 bits per heavy atom. The average molecular weight is 332 g/mol. The first-order valence-corrected chi connectivity index (χ1v) is 8.64. The van der Waals surface area contributed by atoms with Crippen LogP contribution in [0.2, 0.25) is 0 Å². The van der Waals surface area contributed by atoms with Crippen LogP contribution in [0.1, 0.15) is 51.4 Å². The van der Waals surface area contributed by atoms with Gasteiger partial charge >= 0.3 is 0 Å². The molecule has 1 unspecified atom stereocenters. The maximum absolute atomic E-state index is 9.75. The molecule has 1 rings (SSSR count). The second kappa shape index (κ2) is 11.9. The number of aliphatic hydroxyl groups is 4. The van der Waals surface area contributed by atoms with Crippen LogP contribution in [-0.2, 0) is 9.47 Å². The summed E-state index contributed by atoms with van der Waals surface area (Å²) in [4.78, 5) is 0. The van der Waals surface area contributed by atoms with Crippen LogP contribution in [0.5, 0.6) is 0 Å². The quantitative estimate of drug-likeness (QED) is 0.316. The van der Waals surface area contributed by atoms with E-state index in [4.69, 9.17) is 9.47 Å². The smallest absolute Gasteiger partial charge is 0.184 e. The Bertz CT molecular complexity index is 311. The Hall–Kier alpha value is -0.500. The number of ether oxygens (including phenoxy) is 2. The Kier molecular flexibility index (Phi) is 10.7. The normalized spacial score (nSPS) is 31.2. The molecule has 0 spiro atoms. The maximum Gasteiger partial charge on any atom is 0.184 e. The van der Waals surface area contributed by atoms with Crippen LogP contribution in [0.15, 0.2) is 12.7 Å². The van der Waals surface area contributed by atoms with Gasteiger partial charge in [-0.15, -0.1) is 6.58 Å². The van der Waals surface area contributed by atoms with Gasteiger partial charge in [-0.1, -0.05) is 38.2 Å². The minimum atomic E-state index is -1.50.